The summed E-state index contributed by atoms with van der Waals surface area (Å²) < 4.78 is 0.352. The Labute approximate surface area is 119 Å². The maximum atomic E-state index is 11.2. The summed E-state index contributed by atoms with van der Waals surface area (Å²) in [5.74, 6) is -0.636. The van der Waals surface area contributed by atoms with Crippen molar-refractivity contribution in [2.24, 2.45) is 10.8 Å². The molecule has 4 fully saturated rings. The van der Waals surface area contributed by atoms with Gasteiger partial charge in [0.2, 0.25) is 0 Å². The molecule has 2 atom stereocenters. The van der Waals surface area contributed by atoms with Gasteiger partial charge in [0, 0.05) is 8.65 Å². The van der Waals surface area contributed by atoms with Crippen LogP contribution in [0.4, 0.5) is 0 Å². The van der Waals surface area contributed by atoms with Crippen LogP contribution in [0, 0.1) is 10.8 Å². The molecule has 4 rings (SSSR count). The third-order valence-electron chi connectivity index (χ3n) is 4.83. The summed E-state index contributed by atoms with van der Waals surface area (Å²) >= 11 is 7.86. The predicted molar refractivity (Wildman–Crippen MR) is 73.8 cm³/mol. The lowest BCUT2D eigenvalue weighted by Crippen LogP contribution is -2.62. The summed E-state index contributed by atoms with van der Waals surface area (Å²) in [5, 5.41) is 9.19. The average Bonchev–Trinajstić information content (AvgIpc) is 1.87. The highest BCUT2D eigenvalue weighted by molar-refractivity contribution is 9.10. The Morgan fingerprint density at radius 3 is 2.00 bits per heavy atom. The third kappa shape index (κ3) is 1.99. The van der Waals surface area contributed by atoms with E-state index in [0.29, 0.717) is 11.8 Å². The summed E-state index contributed by atoms with van der Waals surface area (Å²) in [6.45, 7) is 2.34. The van der Waals surface area contributed by atoms with Crippen LogP contribution in [-0.2, 0) is 4.79 Å². The van der Waals surface area contributed by atoms with Gasteiger partial charge in [0.05, 0.1) is 6.42 Å². The predicted octanol–water partition coefficient (Wildman–Crippen LogP) is 4.10. The van der Waals surface area contributed by atoms with Gasteiger partial charge in [-0.1, -0.05) is 38.8 Å². The number of halogens is 2. The van der Waals surface area contributed by atoms with Crippen molar-refractivity contribution < 1.29 is 9.90 Å². The second-order valence-electron chi connectivity index (χ2n) is 7.24. The van der Waals surface area contributed by atoms with Crippen LogP contribution in [0.1, 0.15) is 51.9 Å². The van der Waals surface area contributed by atoms with Crippen molar-refractivity contribution in [3.63, 3.8) is 0 Å². The first-order chi connectivity index (χ1) is 7.66. The first-order valence-electron chi connectivity index (χ1n) is 6.26. The van der Waals surface area contributed by atoms with Crippen LogP contribution in [-0.4, -0.2) is 19.7 Å². The van der Waals surface area contributed by atoms with Gasteiger partial charge in [0.15, 0.2) is 0 Å². The smallest absolute Gasteiger partial charge is 0.303 e. The summed E-state index contributed by atoms with van der Waals surface area (Å²) in [7, 11) is 0. The lowest BCUT2D eigenvalue weighted by atomic mass is 9.44. The van der Waals surface area contributed by atoms with E-state index >= 15 is 0 Å². The number of rotatable bonds is 2. The fourth-order valence-electron chi connectivity index (χ4n) is 5.61. The van der Waals surface area contributed by atoms with Crippen LogP contribution in [0.2, 0.25) is 0 Å². The van der Waals surface area contributed by atoms with Gasteiger partial charge >= 0.3 is 5.97 Å². The highest BCUT2D eigenvalue weighted by atomic mass is 79.9. The van der Waals surface area contributed by atoms with Gasteiger partial charge in [-0.3, -0.25) is 4.79 Å². The molecule has 0 amide bonds. The Hall–Kier alpha value is 0.430. The number of alkyl halides is 2. The number of carboxylic acids is 1. The molecule has 0 aromatic rings. The zero-order valence-corrected chi connectivity index (χ0v) is 13.2. The Bertz CT molecular complexity index is 339. The summed E-state index contributed by atoms with van der Waals surface area (Å²) in [4.78, 5) is 11.2. The van der Waals surface area contributed by atoms with Crippen molar-refractivity contribution in [1.29, 1.82) is 0 Å². The highest BCUT2D eigenvalue weighted by Gasteiger charge is 2.65. The van der Waals surface area contributed by atoms with Gasteiger partial charge in [-0.25, -0.2) is 0 Å². The van der Waals surface area contributed by atoms with E-state index in [-0.39, 0.29) is 14.1 Å². The standard InChI is InChI=1S/C13H18Br2O2/c1-10-3-11(2-9(16)17)6-12(14,4-10)8-13(15,5-10)7-11/h2-8H2,1H3,(H,16,17)/t10?,11?,12-,13-/m1/s1. The van der Waals surface area contributed by atoms with Crippen molar-refractivity contribution >= 4 is 37.8 Å². The van der Waals surface area contributed by atoms with E-state index < -0.39 is 5.97 Å². The summed E-state index contributed by atoms with van der Waals surface area (Å²) in [5.41, 5.74) is 0.333. The van der Waals surface area contributed by atoms with Gasteiger partial charge < -0.3 is 5.11 Å². The lowest BCUT2D eigenvalue weighted by molar-refractivity contribution is -0.146. The van der Waals surface area contributed by atoms with E-state index in [9.17, 15) is 9.90 Å². The molecule has 0 saturated heterocycles. The average molecular weight is 366 g/mol. The van der Waals surface area contributed by atoms with Crippen LogP contribution in [0.25, 0.3) is 0 Å². The molecule has 0 aromatic carbocycles. The van der Waals surface area contributed by atoms with E-state index in [1.807, 2.05) is 0 Å². The highest BCUT2D eigenvalue weighted by Crippen LogP contribution is 2.72. The van der Waals surface area contributed by atoms with E-state index in [2.05, 4.69) is 38.8 Å². The molecule has 0 spiro atoms. The van der Waals surface area contributed by atoms with Crippen LogP contribution in [0.15, 0.2) is 0 Å². The molecule has 0 aromatic heterocycles. The molecule has 4 heteroatoms. The normalized spacial score (nSPS) is 56.2. The molecular weight excluding hydrogens is 348 g/mol. The zero-order valence-electron chi connectivity index (χ0n) is 10.1. The van der Waals surface area contributed by atoms with Gasteiger partial charge in [0.25, 0.3) is 0 Å². The van der Waals surface area contributed by atoms with Crippen LogP contribution >= 0.6 is 31.9 Å². The van der Waals surface area contributed by atoms with E-state index in [1.165, 1.54) is 12.8 Å². The topological polar surface area (TPSA) is 37.3 Å². The van der Waals surface area contributed by atoms with Gasteiger partial charge in [-0.15, -0.1) is 0 Å². The van der Waals surface area contributed by atoms with Crippen molar-refractivity contribution in [3.8, 4) is 0 Å². The van der Waals surface area contributed by atoms with Gasteiger partial charge in [0.1, 0.15) is 0 Å². The first kappa shape index (κ1) is 12.5. The van der Waals surface area contributed by atoms with Gasteiger partial charge in [-0.05, 0) is 49.4 Å². The second-order valence-corrected chi connectivity index (χ2v) is 10.6. The Kier molecular flexibility index (Phi) is 2.42. The minimum Gasteiger partial charge on any atom is -0.481 e. The molecular formula is C13H18Br2O2. The van der Waals surface area contributed by atoms with Gasteiger partial charge in [-0.2, -0.15) is 0 Å². The van der Waals surface area contributed by atoms with Crippen molar-refractivity contribution in [3.05, 3.63) is 0 Å². The molecule has 0 aliphatic heterocycles. The number of carboxylic acid groups (broad SMARTS) is 1. The Morgan fingerprint density at radius 1 is 1.06 bits per heavy atom. The first-order valence-corrected chi connectivity index (χ1v) is 7.84. The van der Waals surface area contributed by atoms with Crippen LogP contribution < -0.4 is 0 Å². The summed E-state index contributed by atoms with van der Waals surface area (Å²) in [6.07, 6.45) is 7.06. The molecule has 4 bridgehead atoms. The molecule has 4 aliphatic rings. The van der Waals surface area contributed by atoms with E-state index in [1.54, 1.807) is 0 Å². The fraction of sp³-hybridized carbons (Fsp3) is 0.923. The minimum atomic E-state index is -0.636. The zero-order chi connectivity index (χ0) is 12.5. The minimum absolute atomic E-state index is 0.0162. The van der Waals surface area contributed by atoms with Crippen molar-refractivity contribution in [1.82, 2.24) is 0 Å². The van der Waals surface area contributed by atoms with Crippen LogP contribution in [0.5, 0.6) is 0 Å². The number of hydrogen-bond donors (Lipinski definition) is 1. The van der Waals surface area contributed by atoms with Crippen molar-refractivity contribution in [2.45, 2.75) is 60.5 Å². The second kappa shape index (κ2) is 3.30. The molecule has 0 radical (unpaired) electrons. The van der Waals surface area contributed by atoms with E-state index in [0.717, 1.165) is 25.7 Å². The van der Waals surface area contributed by atoms with Crippen LogP contribution in [0.3, 0.4) is 0 Å². The molecule has 0 heterocycles. The SMILES string of the molecule is CC12CC3(CC(=O)O)C[C@](Br)(C1)C[C@@](Br)(C2)C3. The molecule has 0 unspecified atom stereocenters. The largest absolute Gasteiger partial charge is 0.481 e. The number of aliphatic carboxylic acids is 1. The number of carbonyl (C=O) groups is 1. The number of hydrogen-bond acceptors (Lipinski definition) is 1. The quantitative estimate of drug-likeness (QED) is 0.748. The maximum Gasteiger partial charge on any atom is 0.303 e. The molecule has 96 valence electrons. The lowest BCUT2D eigenvalue weighted by Gasteiger charge is -2.67. The Morgan fingerprint density at radius 2 is 1.59 bits per heavy atom. The fourth-order valence-corrected chi connectivity index (χ4v) is 9.60. The van der Waals surface area contributed by atoms with Crippen molar-refractivity contribution in [2.75, 3.05) is 0 Å². The maximum absolute atomic E-state index is 11.2. The molecule has 4 saturated carbocycles. The third-order valence-corrected chi connectivity index (χ3v) is 6.51. The summed E-state index contributed by atoms with van der Waals surface area (Å²) in [6, 6.07) is 0. The Balaban J connectivity index is 2.01. The molecule has 2 nitrogen and oxygen atoms in total. The van der Waals surface area contributed by atoms with E-state index in [4.69, 9.17) is 0 Å². The molecule has 4 aliphatic carbocycles. The monoisotopic (exact) mass is 364 g/mol. The molecule has 1 N–H and O–H groups in total. The molecule has 17 heavy (non-hydrogen) atoms.